The van der Waals surface area contributed by atoms with Crippen molar-refractivity contribution in [1.82, 2.24) is 18.7 Å². The summed E-state index contributed by atoms with van der Waals surface area (Å²) in [5.74, 6) is -1.26. The van der Waals surface area contributed by atoms with Crippen LogP contribution in [0.2, 0.25) is 0 Å². The maximum absolute atomic E-state index is 12.9. The molecule has 1 atom stereocenters. The molecule has 1 unspecified atom stereocenters. The standard InChI is InChI=1S/C10H10F2N4O4/c1-4(8(18)19)15-3-13-6-5(15)7(17)14(2)10(20)16(6)9(11)12/h3-4,9H,1-2H3,(H,18,19). The predicted octanol–water partition coefficient (Wildman–Crippen LogP) is -0.0626. The van der Waals surface area contributed by atoms with Crippen LogP contribution >= 0.6 is 0 Å². The molecular weight excluding hydrogens is 278 g/mol. The number of imidazole rings is 1. The summed E-state index contributed by atoms with van der Waals surface area (Å²) in [6, 6.07) is -1.18. The third-order valence-corrected chi connectivity index (χ3v) is 2.97. The molecule has 0 amide bonds. The van der Waals surface area contributed by atoms with Gasteiger partial charge in [0.1, 0.15) is 6.04 Å². The summed E-state index contributed by atoms with van der Waals surface area (Å²) in [4.78, 5) is 38.1. The lowest BCUT2D eigenvalue weighted by molar-refractivity contribution is -0.140. The number of nitrogens with zero attached hydrogens (tertiary/aromatic N) is 4. The molecule has 0 bridgehead atoms. The van der Waals surface area contributed by atoms with Gasteiger partial charge in [-0.05, 0) is 6.92 Å². The van der Waals surface area contributed by atoms with Gasteiger partial charge in [0.05, 0.1) is 6.33 Å². The lowest BCUT2D eigenvalue weighted by Gasteiger charge is -2.11. The maximum Gasteiger partial charge on any atom is 0.336 e. The van der Waals surface area contributed by atoms with E-state index >= 15 is 0 Å². The molecule has 2 aromatic rings. The number of aromatic nitrogens is 4. The van der Waals surface area contributed by atoms with Crippen LogP contribution in [0.25, 0.3) is 11.2 Å². The quantitative estimate of drug-likeness (QED) is 0.852. The number of carboxylic acids is 1. The van der Waals surface area contributed by atoms with Crippen molar-refractivity contribution >= 4 is 17.1 Å². The van der Waals surface area contributed by atoms with Gasteiger partial charge in [-0.15, -0.1) is 0 Å². The van der Waals surface area contributed by atoms with Crippen LogP contribution in [0, 0.1) is 0 Å². The van der Waals surface area contributed by atoms with Crippen molar-refractivity contribution in [1.29, 1.82) is 0 Å². The van der Waals surface area contributed by atoms with E-state index in [1.165, 1.54) is 6.92 Å². The van der Waals surface area contributed by atoms with Crippen LogP contribution in [0.15, 0.2) is 15.9 Å². The highest BCUT2D eigenvalue weighted by Crippen LogP contribution is 2.17. The molecule has 0 radical (unpaired) electrons. The van der Waals surface area contributed by atoms with Gasteiger partial charge in [-0.3, -0.25) is 9.36 Å². The molecule has 20 heavy (non-hydrogen) atoms. The first-order valence-electron chi connectivity index (χ1n) is 5.46. The molecule has 2 rings (SSSR count). The molecule has 2 heterocycles. The molecule has 0 saturated carbocycles. The second-order valence-corrected chi connectivity index (χ2v) is 4.13. The average molecular weight is 288 g/mol. The van der Waals surface area contributed by atoms with Crippen molar-refractivity contribution in [3.8, 4) is 0 Å². The van der Waals surface area contributed by atoms with Gasteiger partial charge in [-0.1, -0.05) is 0 Å². The number of hydrogen-bond donors (Lipinski definition) is 1. The summed E-state index contributed by atoms with van der Waals surface area (Å²) in [6.45, 7) is -1.93. The Balaban J connectivity index is 2.97. The lowest BCUT2D eigenvalue weighted by atomic mass is 10.3. The number of aliphatic carboxylic acids is 1. The van der Waals surface area contributed by atoms with Crippen LogP contribution in [0.5, 0.6) is 0 Å². The number of rotatable bonds is 3. The second-order valence-electron chi connectivity index (χ2n) is 4.13. The Labute approximate surface area is 109 Å². The number of hydrogen-bond acceptors (Lipinski definition) is 4. The van der Waals surface area contributed by atoms with E-state index in [1.807, 2.05) is 0 Å². The summed E-state index contributed by atoms with van der Waals surface area (Å²) in [5.41, 5.74) is -3.00. The minimum atomic E-state index is -3.19. The molecule has 8 nitrogen and oxygen atoms in total. The molecule has 0 aromatic carbocycles. The van der Waals surface area contributed by atoms with Crippen molar-refractivity contribution in [2.24, 2.45) is 7.05 Å². The zero-order valence-corrected chi connectivity index (χ0v) is 10.4. The Morgan fingerprint density at radius 1 is 1.40 bits per heavy atom. The fourth-order valence-corrected chi connectivity index (χ4v) is 1.82. The van der Waals surface area contributed by atoms with Crippen molar-refractivity contribution in [3.63, 3.8) is 0 Å². The van der Waals surface area contributed by atoms with Crippen LogP contribution in [0.1, 0.15) is 19.5 Å². The van der Waals surface area contributed by atoms with Crippen LogP contribution in [-0.4, -0.2) is 29.8 Å². The van der Waals surface area contributed by atoms with Crippen molar-refractivity contribution in [2.45, 2.75) is 19.5 Å². The molecule has 10 heteroatoms. The highest BCUT2D eigenvalue weighted by molar-refractivity contribution is 5.77. The molecule has 0 spiro atoms. The van der Waals surface area contributed by atoms with E-state index in [0.717, 1.165) is 17.9 Å². The summed E-state index contributed by atoms with van der Waals surface area (Å²) in [5, 5.41) is 8.93. The fourth-order valence-electron chi connectivity index (χ4n) is 1.82. The van der Waals surface area contributed by atoms with Crippen molar-refractivity contribution in [2.75, 3.05) is 0 Å². The van der Waals surface area contributed by atoms with E-state index in [1.54, 1.807) is 0 Å². The van der Waals surface area contributed by atoms with Gasteiger partial charge in [-0.2, -0.15) is 8.78 Å². The first-order chi connectivity index (χ1) is 9.27. The van der Waals surface area contributed by atoms with E-state index in [0.29, 0.717) is 4.57 Å². The number of halogens is 2. The smallest absolute Gasteiger partial charge is 0.336 e. The molecule has 0 aliphatic heterocycles. The van der Waals surface area contributed by atoms with Crippen LogP contribution in [0.3, 0.4) is 0 Å². The average Bonchev–Trinajstić information content (AvgIpc) is 2.79. The Bertz CT molecular complexity index is 804. The monoisotopic (exact) mass is 288 g/mol. The Hall–Kier alpha value is -2.52. The van der Waals surface area contributed by atoms with Crippen LogP contribution in [0.4, 0.5) is 8.78 Å². The molecule has 0 aliphatic carbocycles. The molecule has 0 fully saturated rings. The molecule has 2 aromatic heterocycles. The first kappa shape index (κ1) is 13.9. The SMILES string of the molecule is CC(C(=O)O)n1cnc2c1c(=O)n(C)c(=O)n2C(F)F. The molecule has 108 valence electrons. The number of carboxylic acid groups (broad SMARTS) is 1. The Morgan fingerprint density at radius 2 is 2.00 bits per heavy atom. The van der Waals surface area contributed by atoms with Crippen molar-refractivity contribution < 1.29 is 18.7 Å². The van der Waals surface area contributed by atoms with E-state index in [2.05, 4.69) is 4.98 Å². The van der Waals surface area contributed by atoms with E-state index in [4.69, 9.17) is 5.11 Å². The van der Waals surface area contributed by atoms with Crippen molar-refractivity contribution in [3.05, 3.63) is 27.2 Å². The number of alkyl halides is 2. The molecule has 0 aliphatic rings. The van der Waals surface area contributed by atoms with Gasteiger partial charge in [0.2, 0.25) is 0 Å². The van der Waals surface area contributed by atoms with Crippen LogP contribution in [-0.2, 0) is 11.8 Å². The zero-order valence-electron chi connectivity index (χ0n) is 10.4. The highest BCUT2D eigenvalue weighted by atomic mass is 19.3. The Morgan fingerprint density at radius 3 is 2.50 bits per heavy atom. The molecule has 1 N–H and O–H groups in total. The topological polar surface area (TPSA) is 99.1 Å². The van der Waals surface area contributed by atoms with Gasteiger partial charge >= 0.3 is 18.2 Å². The summed E-state index contributed by atoms with van der Waals surface area (Å²) < 4.78 is 27.3. The molecule has 0 saturated heterocycles. The normalized spacial score (nSPS) is 13.1. The molecular formula is C10H10F2N4O4. The zero-order chi connectivity index (χ0) is 15.2. The van der Waals surface area contributed by atoms with E-state index in [9.17, 15) is 23.2 Å². The van der Waals surface area contributed by atoms with Gasteiger partial charge in [0.25, 0.3) is 5.56 Å². The summed E-state index contributed by atoms with van der Waals surface area (Å²) in [6.07, 6.45) is 0.948. The lowest BCUT2D eigenvalue weighted by Crippen LogP contribution is -2.39. The van der Waals surface area contributed by atoms with E-state index < -0.39 is 35.5 Å². The third-order valence-electron chi connectivity index (χ3n) is 2.97. The number of fused-ring (bicyclic) bond motifs is 1. The van der Waals surface area contributed by atoms with Gasteiger partial charge in [0, 0.05) is 7.05 Å². The van der Waals surface area contributed by atoms with Gasteiger partial charge in [-0.25, -0.2) is 19.1 Å². The van der Waals surface area contributed by atoms with Crippen LogP contribution < -0.4 is 11.2 Å². The summed E-state index contributed by atoms with van der Waals surface area (Å²) in [7, 11) is 1.03. The minimum Gasteiger partial charge on any atom is -0.480 e. The highest BCUT2D eigenvalue weighted by Gasteiger charge is 2.24. The van der Waals surface area contributed by atoms with Gasteiger partial charge < -0.3 is 9.67 Å². The van der Waals surface area contributed by atoms with E-state index in [-0.39, 0.29) is 10.1 Å². The largest absolute Gasteiger partial charge is 0.480 e. The number of carbonyl (C=O) groups is 1. The van der Waals surface area contributed by atoms with Gasteiger partial charge in [0.15, 0.2) is 11.2 Å². The third kappa shape index (κ3) is 1.80. The second kappa shape index (κ2) is 4.54. The minimum absolute atomic E-state index is 0.0435. The maximum atomic E-state index is 12.9. The first-order valence-corrected chi connectivity index (χ1v) is 5.46. The Kier molecular flexibility index (Phi) is 3.16. The fraction of sp³-hybridized carbons (Fsp3) is 0.400. The predicted molar refractivity (Wildman–Crippen MR) is 62.8 cm³/mol. The summed E-state index contributed by atoms with van der Waals surface area (Å²) >= 11 is 0.